The van der Waals surface area contributed by atoms with Gasteiger partial charge >= 0.3 is 6.09 Å². The molecule has 1 amide bonds. The summed E-state index contributed by atoms with van der Waals surface area (Å²) in [7, 11) is 0. The maximum absolute atomic E-state index is 12.2. The minimum Gasteiger partial charge on any atom is -0.487 e. The summed E-state index contributed by atoms with van der Waals surface area (Å²) in [5.41, 5.74) is 0.972. The van der Waals surface area contributed by atoms with Crippen LogP contribution < -0.4 is 4.74 Å². The number of hydrogen-bond acceptors (Lipinski definition) is 4. The SMILES string of the molecule is O=C(OCc1ccccc1)N1CCCC(Oc2ccncc2Cl)C1. The van der Waals surface area contributed by atoms with E-state index >= 15 is 0 Å². The molecule has 0 saturated carbocycles. The van der Waals surface area contributed by atoms with Gasteiger partial charge in [0.15, 0.2) is 0 Å². The first-order chi connectivity index (χ1) is 11.7. The standard InChI is InChI=1S/C18H19ClN2O3/c19-16-11-20-9-8-17(16)24-15-7-4-10-21(12-15)18(22)23-13-14-5-2-1-3-6-14/h1-3,5-6,8-9,11,15H,4,7,10,12-13H2. The van der Waals surface area contributed by atoms with E-state index in [0.29, 0.717) is 23.9 Å². The van der Waals surface area contributed by atoms with Crippen molar-refractivity contribution in [3.63, 3.8) is 0 Å². The molecule has 24 heavy (non-hydrogen) atoms. The van der Waals surface area contributed by atoms with Gasteiger partial charge in [0.1, 0.15) is 23.5 Å². The number of likely N-dealkylation sites (tertiary alicyclic amines) is 1. The van der Waals surface area contributed by atoms with Crippen molar-refractivity contribution < 1.29 is 14.3 Å². The van der Waals surface area contributed by atoms with Crippen LogP contribution in [0.4, 0.5) is 4.79 Å². The number of carbonyl (C=O) groups excluding carboxylic acids is 1. The molecule has 0 radical (unpaired) electrons. The molecule has 2 aromatic rings. The number of pyridine rings is 1. The van der Waals surface area contributed by atoms with Crippen molar-refractivity contribution in [1.82, 2.24) is 9.88 Å². The molecule has 126 valence electrons. The molecule has 0 bridgehead atoms. The van der Waals surface area contributed by atoms with Gasteiger partial charge in [-0.15, -0.1) is 0 Å². The van der Waals surface area contributed by atoms with Gasteiger partial charge in [-0.1, -0.05) is 41.9 Å². The first-order valence-corrected chi connectivity index (χ1v) is 8.32. The third-order valence-electron chi connectivity index (χ3n) is 3.87. The van der Waals surface area contributed by atoms with Gasteiger partial charge < -0.3 is 14.4 Å². The number of benzene rings is 1. The molecular formula is C18H19ClN2O3. The molecule has 1 aromatic carbocycles. The first kappa shape index (κ1) is 16.6. The van der Waals surface area contributed by atoms with Gasteiger partial charge in [0, 0.05) is 25.0 Å². The fourth-order valence-electron chi connectivity index (χ4n) is 2.65. The molecule has 0 N–H and O–H groups in total. The minimum atomic E-state index is -0.312. The van der Waals surface area contributed by atoms with Crippen LogP contribution in [0.25, 0.3) is 0 Å². The molecule has 1 atom stereocenters. The maximum Gasteiger partial charge on any atom is 0.410 e. The van der Waals surface area contributed by atoms with Crippen LogP contribution in [0.5, 0.6) is 5.75 Å². The number of carbonyl (C=O) groups is 1. The Bertz CT molecular complexity index is 681. The summed E-state index contributed by atoms with van der Waals surface area (Å²) in [6.07, 6.45) is 4.52. The summed E-state index contributed by atoms with van der Waals surface area (Å²) in [6.45, 7) is 1.45. The number of nitrogens with zero attached hydrogens (tertiary/aromatic N) is 2. The van der Waals surface area contributed by atoms with Gasteiger partial charge in [0.2, 0.25) is 0 Å². The maximum atomic E-state index is 12.2. The molecule has 1 aromatic heterocycles. The van der Waals surface area contributed by atoms with Gasteiger partial charge in [-0.3, -0.25) is 4.98 Å². The van der Waals surface area contributed by atoms with Crippen molar-refractivity contribution in [1.29, 1.82) is 0 Å². The highest BCUT2D eigenvalue weighted by atomic mass is 35.5. The van der Waals surface area contributed by atoms with Crippen molar-refractivity contribution in [3.8, 4) is 5.75 Å². The molecule has 1 aliphatic heterocycles. The van der Waals surface area contributed by atoms with Gasteiger partial charge in [-0.2, -0.15) is 0 Å². The predicted octanol–water partition coefficient (Wildman–Crippen LogP) is 3.92. The summed E-state index contributed by atoms with van der Waals surface area (Å²) in [5, 5.41) is 0.473. The highest BCUT2D eigenvalue weighted by molar-refractivity contribution is 6.31. The van der Waals surface area contributed by atoms with Crippen molar-refractivity contribution in [2.24, 2.45) is 0 Å². The topological polar surface area (TPSA) is 51.7 Å². The first-order valence-electron chi connectivity index (χ1n) is 7.94. The predicted molar refractivity (Wildman–Crippen MR) is 91.1 cm³/mol. The highest BCUT2D eigenvalue weighted by Crippen LogP contribution is 2.25. The summed E-state index contributed by atoms with van der Waals surface area (Å²) in [5.74, 6) is 0.594. The fraction of sp³-hybridized carbons (Fsp3) is 0.333. The Balaban J connectivity index is 1.53. The van der Waals surface area contributed by atoms with Crippen LogP contribution in [0.2, 0.25) is 5.02 Å². The molecule has 3 rings (SSSR count). The van der Waals surface area contributed by atoms with E-state index in [0.717, 1.165) is 18.4 Å². The molecule has 2 heterocycles. The lowest BCUT2D eigenvalue weighted by molar-refractivity contribution is 0.0552. The van der Waals surface area contributed by atoms with E-state index < -0.39 is 0 Å². The van der Waals surface area contributed by atoms with Crippen molar-refractivity contribution in [2.75, 3.05) is 13.1 Å². The molecule has 1 fully saturated rings. The monoisotopic (exact) mass is 346 g/mol. The summed E-state index contributed by atoms with van der Waals surface area (Å²) < 4.78 is 11.3. The van der Waals surface area contributed by atoms with Crippen LogP contribution >= 0.6 is 11.6 Å². The van der Waals surface area contributed by atoms with E-state index in [4.69, 9.17) is 21.1 Å². The third-order valence-corrected chi connectivity index (χ3v) is 4.15. The van der Waals surface area contributed by atoms with Crippen molar-refractivity contribution >= 4 is 17.7 Å². The van der Waals surface area contributed by atoms with E-state index in [2.05, 4.69) is 4.98 Å². The fourth-order valence-corrected chi connectivity index (χ4v) is 2.81. The number of aromatic nitrogens is 1. The van der Waals surface area contributed by atoms with E-state index in [1.54, 1.807) is 23.4 Å². The second-order valence-corrected chi connectivity index (χ2v) is 6.08. The van der Waals surface area contributed by atoms with Gasteiger partial charge in [-0.05, 0) is 18.4 Å². The minimum absolute atomic E-state index is 0.0945. The highest BCUT2D eigenvalue weighted by Gasteiger charge is 2.26. The van der Waals surface area contributed by atoms with Crippen LogP contribution in [0, 0.1) is 0 Å². The Labute approximate surface area is 146 Å². The van der Waals surface area contributed by atoms with Gasteiger partial charge in [-0.25, -0.2) is 4.79 Å². The van der Waals surface area contributed by atoms with Gasteiger partial charge in [0.25, 0.3) is 0 Å². The Kier molecular flexibility index (Phi) is 5.54. The number of rotatable bonds is 4. The van der Waals surface area contributed by atoms with E-state index in [-0.39, 0.29) is 18.8 Å². The van der Waals surface area contributed by atoms with E-state index in [1.807, 2.05) is 30.3 Å². The molecule has 1 unspecified atom stereocenters. The van der Waals surface area contributed by atoms with Crippen molar-refractivity contribution in [2.45, 2.75) is 25.6 Å². The Morgan fingerprint density at radius 2 is 2.12 bits per heavy atom. The molecule has 0 aliphatic carbocycles. The number of amides is 1. The second-order valence-electron chi connectivity index (χ2n) is 5.67. The third kappa shape index (κ3) is 4.38. The lowest BCUT2D eigenvalue weighted by Gasteiger charge is -2.32. The lowest BCUT2D eigenvalue weighted by atomic mass is 10.1. The van der Waals surface area contributed by atoms with Crippen LogP contribution in [-0.4, -0.2) is 35.2 Å². The zero-order valence-corrected chi connectivity index (χ0v) is 14.0. The molecule has 0 spiro atoms. The molecule has 5 nitrogen and oxygen atoms in total. The Hall–Kier alpha value is -2.27. The van der Waals surface area contributed by atoms with Gasteiger partial charge in [0.05, 0.1) is 6.54 Å². The summed E-state index contributed by atoms with van der Waals surface area (Å²) in [4.78, 5) is 17.9. The normalized spacial score (nSPS) is 17.4. The average molecular weight is 347 g/mol. The smallest absolute Gasteiger partial charge is 0.410 e. The Morgan fingerprint density at radius 3 is 2.92 bits per heavy atom. The molecule has 6 heteroatoms. The number of hydrogen-bond donors (Lipinski definition) is 0. The van der Waals surface area contributed by atoms with Crippen LogP contribution in [0.3, 0.4) is 0 Å². The zero-order chi connectivity index (χ0) is 16.8. The quantitative estimate of drug-likeness (QED) is 0.842. The van der Waals surface area contributed by atoms with E-state index in [1.165, 1.54) is 0 Å². The van der Waals surface area contributed by atoms with Crippen LogP contribution in [-0.2, 0) is 11.3 Å². The number of piperidine rings is 1. The number of halogens is 1. The largest absolute Gasteiger partial charge is 0.487 e. The Morgan fingerprint density at radius 1 is 1.29 bits per heavy atom. The van der Waals surface area contributed by atoms with Crippen LogP contribution in [0.15, 0.2) is 48.8 Å². The van der Waals surface area contributed by atoms with E-state index in [9.17, 15) is 4.79 Å². The summed E-state index contributed by atoms with van der Waals surface area (Å²) >= 11 is 6.07. The summed E-state index contributed by atoms with van der Waals surface area (Å²) in [6, 6.07) is 11.4. The second kappa shape index (κ2) is 8.02. The number of ether oxygens (including phenoxy) is 2. The molecule has 1 saturated heterocycles. The lowest BCUT2D eigenvalue weighted by Crippen LogP contribution is -2.44. The average Bonchev–Trinajstić information content (AvgIpc) is 2.63. The molecule has 1 aliphatic rings. The molecular weight excluding hydrogens is 328 g/mol. The van der Waals surface area contributed by atoms with Crippen LogP contribution in [0.1, 0.15) is 18.4 Å². The zero-order valence-electron chi connectivity index (χ0n) is 13.2. The van der Waals surface area contributed by atoms with Crippen molar-refractivity contribution in [3.05, 3.63) is 59.4 Å².